The fraction of sp³-hybridized carbons (Fsp3) is 0.385. The lowest BCUT2D eigenvalue weighted by molar-refractivity contribution is -0.124. The number of nitrogens with one attached hydrogen (secondary N) is 1. The van der Waals surface area contributed by atoms with Crippen LogP contribution in [0.1, 0.15) is 17.3 Å². The van der Waals surface area contributed by atoms with Crippen LogP contribution >= 0.6 is 11.6 Å². The van der Waals surface area contributed by atoms with Crippen LogP contribution in [0.2, 0.25) is 5.02 Å². The number of carbonyl (C=O) groups excluding carboxylic acids is 2. The molecule has 1 aromatic rings. The summed E-state index contributed by atoms with van der Waals surface area (Å²) in [5, 5.41) is 2.59. The van der Waals surface area contributed by atoms with Gasteiger partial charge in [-0.1, -0.05) is 18.5 Å². The van der Waals surface area contributed by atoms with Gasteiger partial charge >= 0.3 is 0 Å². The van der Waals surface area contributed by atoms with Gasteiger partial charge in [0.2, 0.25) is 5.91 Å². The molecule has 1 aromatic carbocycles. The Hall–Kier alpha value is -1.82. The molecule has 0 saturated heterocycles. The van der Waals surface area contributed by atoms with Crippen molar-refractivity contribution >= 4 is 29.1 Å². The maximum atomic E-state index is 13.5. The highest BCUT2D eigenvalue weighted by atomic mass is 35.5. The zero-order valence-electron chi connectivity index (χ0n) is 11.5. The Balaban J connectivity index is 2.93. The van der Waals surface area contributed by atoms with E-state index >= 15 is 0 Å². The van der Waals surface area contributed by atoms with Gasteiger partial charge in [-0.15, -0.1) is 0 Å². The molecule has 0 aliphatic heterocycles. The fourth-order valence-electron chi connectivity index (χ4n) is 1.79. The third-order valence-corrected chi connectivity index (χ3v) is 3.13. The molecular weight excluding hydrogens is 285 g/mol. The summed E-state index contributed by atoms with van der Waals surface area (Å²) < 4.78 is 13.5. The number of hydrogen-bond donors (Lipinski definition) is 2. The molecule has 5 nitrogen and oxygen atoms in total. The molecule has 0 spiro atoms. The Morgan fingerprint density at radius 2 is 2.10 bits per heavy atom. The summed E-state index contributed by atoms with van der Waals surface area (Å²) in [6.45, 7) is 1.87. The van der Waals surface area contributed by atoms with Gasteiger partial charge in [-0.3, -0.25) is 9.59 Å². The second kappa shape index (κ2) is 6.56. The largest absolute Gasteiger partial charge is 0.396 e. The van der Waals surface area contributed by atoms with E-state index in [-0.39, 0.29) is 34.6 Å². The predicted molar refractivity (Wildman–Crippen MR) is 76.0 cm³/mol. The molecule has 0 bridgehead atoms. The van der Waals surface area contributed by atoms with Gasteiger partial charge in [0.05, 0.1) is 17.2 Å². The average molecular weight is 302 g/mol. The Morgan fingerprint density at radius 3 is 2.65 bits per heavy atom. The minimum atomic E-state index is -0.742. The Kier molecular flexibility index (Phi) is 5.33. The van der Waals surface area contributed by atoms with Crippen molar-refractivity contribution in [2.45, 2.75) is 6.92 Å². The van der Waals surface area contributed by atoms with Crippen molar-refractivity contribution in [2.24, 2.45) is 5.92 Å². The second-order valence-electron chi connectivity index (χ2n) is 4.55. The SMILES string of the molecule is CNC(=O)[C@@H](C)CN(C)C(=O)c1cc(Cl)cc(F)c1N. The number of rotatable bonds is 4. The zero-order valence-corrected chi connectivity index (χ0v) is 12.3. The molecule has 2 amide bonds. The van der Waals surface area contributed by atoms with E-state index in [4.69, 9.17) is 17.3 Å². The lowest BCUT2D eigenvalue weighted by Crippen LogP contribution is -2.37. The maximum absolute atomic E-state index is 13.5. The van der Waals surface area contributed by atoms with Gasteiger partial charge in [-0.25, -0.2) is 4.39 Å². The Morgan fingerprint density at radius 1 is 1.50 bits per heavy atom. The predicted octanol–water partition coefficient (Wildman–Crippen LogP) is 1.52. The third-order valence-electron chi connectivity index (χ3n) is 2.91. The van der Waals surface area contributed by atoms with Crippen molar-refractivity contribution < 1.29 is 14.0 Å². The molecule has 1 rings (SSSR count). The summed E-state index contributed by atoms with van der Waals surface area (Å²) in [6.07, 6.45) is 0. The smallest absolute Gasteiger partial charge is 0.255 e. The fourth-order valence-corrected chi connectivity index (χ4v) is 2.00. The van der Waals surface area contributed by atoms with Crippen molar-refractivity contribution in [3.8, 4) is 0 Å². The first-order valence-corrected chi connectivity index (χ1v) is 6.37. The first-order valence-electron chi connectivity index (χ1n) is 5.99. The standard InChI is InChI=1S/C13H17ClFN3O2/c1-7(12(19)17-2)6-18(3)13(20)9-4-8(14)5-10(15)11(9)16/h4-5,7H,6,16H2,1-3H3,(H,17,19)/t7-/m0/s1. The molecule has 0 heterocycles. The molecule has 0 aliphatic carbocycles. The quantitative estimate of drug-likeness (QED) is 0.828. The zero-order chi connectivity index (χ0) is 15.4. The van der Waals surface area contributed by atoms with E-state index in [1.54, 1.807) is 6.92 Å². The van der Waals surface area contributed by atoms with Crippen LogP contribution in [0, 0.1) is 11.7 Å². The topological polar surface area (TPSA) is 75.4 Å². The molecule has 7 heteroatoms. The second-order valence-corrected chi connectivity index (χ2v) is 4.99. The average Bonchev–Trinajstić information content (AvgIpc) is 2.40. The van der Waals surface area contributed by atoms with Crippen molar-refractivity contribution in [3.63, 3.8) is 0 Å². The lowest BCUT2D eigenvalue weighted by Gasteiger charge is -2.21. The minimum absolute atomic E-state index is 0.0124. The number of amides is 2. The molecule has 1 atom stereocenters. The molecule has 0 aromatic heterocycles. The third kappa shape index (κ3) is 3.60. The maximum Gasteiger partial charge on any atom is 0.255 e. The first kappa shape index (κ1) is 16.2. The van der Waals surface area contributed by atoms with E-state index in [0.29, 0.717) is 0 Å². The van der Waals surface area contributed by atoms with Crippen LogP contribution in [-0.2, 0) is 4.79 Å². The highest BCUT2D eigenvalue weighted by Crippen LogP contribution is 2.23. The number of halogens is 2. The highest BCUT2D eigenvalue weighted by molar-refractivity contribution is 6.31. The molecule has 3 N–H and O–H groups in total. The van der Waals surface area contributed by atoms with Gasteiger partial charge in [-0.05, 0) is 12.1 Å². The molecule has 0 aliphatic rings. The minimum Gasteiger partial charge on any atom is -0.396 e. The number of nitrogens with two attached hydrogens (primary N) is 1. The number of hydrogen-bond acceptors (Lipinski definition) is 3. The summed E-state index contributed by atoms with van der Waals surface area (Å²) in [5.41, 5.74) is 5.28. The monoisotopic (exact) mass is 301 g/mol. The molecule has 0 saturated carbocycles. The summed E-state index contributed by atoms with van der Waals surface area (Å²) in [7, 11) is 3.03. The van der Waals surface area contributed by atoms with E-state index < -0.39 is 11.7 Å². The van der Waals surface area contributed by atoms with E-state index in [1.165, 1.54) is 25.1 Å². The van der Waals surface area contributed by atoms with Gasteiger partial charge in [-0.2, -0.15) is 0 Å². The highest BCUT2D eigenvalue weighted by Gasteiger charge is 2.21. The van der Waals surface area contributed by atoms with Gasteiger partial charge in [0.1, 0.15) is 5.82 Å². The van der Waals surface area contributed by atoms with E-state index in [9.17, 15) is 14.0 Å². The first-order chi connectivity index (χ1) is 9.27. The van der Waals surface area contributed by atoms with Crippen molar-refractivity contribution in [1.82, 2.24) is 10.2 Å². The van der Waals surface area contributed by atoms with Gasteiger partial charge in [0.15, 0.2) is 0 Å². The normalized spacial score (nSPS) is 11.8. The van der Waals surface area contributed by atoms with Crippen molar-refractivity contribution in [1.29, 1.82) is 0 Å². The van der Waals surface area contributed by atoms with Crippen LogP contribution in [0.15, 0.2) is 12.1 Å². The van der Waals surface area contributed by atoms with Crippen LogP contribution in [0.5, 0.6) is 0 Å². The summed E-state index contributed by atoms with van der Waals surface area (Å²) in [6, 6.07) is 2.35. The van der Waals surface area contributed by atoms with Crippen molar-refractivity contribution in [2.75, 3.05) is 26.4 Å². The molecule has 20 heavy (non-hydrogen) atoms. The number of carbonyl (C=O) groups is 2. The number of anilines is 1. The van der Waals surface area contributed by atoms with Crippen LogP contribution in [0.4, 0.5) is 10.1 Å². The van der Waals surface area contributed by atoms with E-state index in [2.05, 4.69) is 5.32 Å². The van der Waals surface area contributed by atoms with Crippen molar-refractivity contribution in [3.05, 3.63) is 28.5 Å². The summed E-state index contributed by atoms with van der Waals surface area (Å²) in [5.74, 6) is -1.80. The van der Waals surface area contributed by atoms with E-state index in [1.807, 2.05) is 0 Å². The number of nitrogens with zero attached hydrogens (tertiary/aromatic N) is 1. The van der Waals surface area contributed by atoms with Gasteiger partial charge in [0.25, 0.3) is 5.91 Å². The van der Waals surface area contributed by atoms with Crippen LogP contribution in [0.3, 0.4) is 0 Å². The Labute approximate surface area is 121 Å². The molecular formula is C13H17ClFN3O2. The van der Waals surface area contributed by atoms with E-state index in [0.717, 1.165) is 6.07 Å². The number of nitrogen functional groups attached to an aromatic ring is 1. The lowest BCUT2D eigenvalue weighted by atomic mass is 10.1. The molecule has 0 radical (unpaired) electrons. The van der Waals surface area contributed by atoms with Gasteiger partial charge in [0, 0.05) is 25.7 Å². The van der Waals surface area contributed by atoms with Gasteiger partial charge < -0.3 is 16.0 Å². The molecule has 110 valence electrons. The van der Waals surface area contributed by atoms with Crippen LogP contribution in [0.25, 0.3) is 0 Å². The Bertz CT molecular complexity index is 537. The summed E-state index contributed by atoms with van der Waals surface area (Å²) in [4.78, 5) is 24.9. The van der Waals surface area contributed by atoms with Crippen LogP contribution in [-0.4, -0.2) is 37.4 Å². The molecule has 0 unspecified atom stereocenters. The van der Waals surface area contributed by atoms with Crippen LogP contribution < -0.4 is 11.1 Å². The summed E-state index contributed by atoms with van der Waals surface area (Å²) >= 11 is 5.72. The number of benzene rings is 1. The molecule has 0 fully saturated rings.